The molecule has 0 aliphatic heterocycles. The van der Waals surface area contributed by atoms with Crippen LogP contribution < -0.4 is 4.73 Å². The smallest absolute Gasteiger partial charge is 0.192 e. The maximum Gasteiger partial charge on any atom is 0.192 e. The molecule has 2 rings (SSSR count). The van der Waals surface area contributed by atoms with Gasteiger partial charge in [0, 0.05) is 30.4 Å². The van der Waals surface area contributed by atoms with E-state index in [9.17, 15) is 5.21 Å². The van der Waals surface area contributed by atoms with Crippen LogP contribution in [0, 0.1) is 32.9 Å². The molecule has 2 heterocycles. The molecule has 0 N–H and O–H groups in total. The van der Waals surface area contributed by atoms with Crippen molar-refractivity contribution in [1.82, 2.24) is 4.98 Å². The number of rotatable bonds is 0. The summed E-state index contributed by atoms with van der Waals surface area (Å²) in [5, 5.41) is 10.8. The highest BCUT2D eigenvalue weighted by atomic mass is 16.5. The largest absolute Gasteiger partial charge is 0.619 e. The van der Waals surface area contributed by atoms with Crippen LogP contribution in [0.15, 0.2) is 36.7 Å². The summed E-state index contributed by atoms with van der Waals surface area (Å²) >= 11 is 0. The molecule has 0 unspecified atom stereocenters. The van der Waals surface area contributed by atoms with Crippen molar-refractivity contribution in [2.24, 2.45) is 0 Å². The van der Waals surface area contributed by atoms with Gasteiger partial charge in [0.2, 0.25) is 0 Å². The first kappa shape index (κ1) is 27.4. The van der Waals surface area contributed by atoms with Crippen LogP contribution in [0.25, 0.3) is 0 Å². The Morgan fingerprint density at radius 3 is 1.71 bits per heavy atom. The summed E-state index contributed by atoms with van der Waals surface area (Å²) in [6, 6.07) is 7.67. The molecule has 21 heavy (non-hydrogen) atoms. The van der Waals surface area contributed by atoms with Crippen molar-refractivity contribution in [2.75, 3.05) is 0 Å². The quantitative estimate of drug-likeness (QED) is 0.496. The van der Waals surface area contributed by atoms with E-state index in [-0.39, 0.29) is 29.7 Å². The fourth-order valence-electron chi connectivity index (χ4n) is 1.24. The summed E-state index contributed by atoms with van der Waals surface area (Å²) in [5.74, 6) is 0. The van der Waals surface area contributed by atoms with E-state index >= 15 is 0 Å². The van der Waals surface area contributed by atoms with E-state index in [0.717, 1.165) is 21.7 Å². The summed E-state index contributed by atoms with van der Waals surface area (Å²) in [6.45, 7) is 7.80. The highest BCUT2D eigenvalue weighted by molar-refractivity contribution is 5.15. The molecule has 0 radical (unpaired) electrons. The lowest BCUT2D eigenvalue weighted by molar-refractivity contribution is -0.612. The molecule has 0 saturated carbocycles. The second kappa shape index (κ2) is 13.1. The Bertz CT molecular complexity index is 455. The Morgan fingerprint density at radius 2 is 1.38 bits per heavy atom. The number of aryl methyl sites for hydroxylation is 3. The number of hydrogen-bond donors (Lipinski definition) is 0. The van der Waals surface area contributed by atoms with Gasteiger partial charge in [-0.1, -0.05) is 35.8 Å². The van der Waals surface area contributed by atoms with E-state index in [1.807, 2.05) is 39.1 Å². The van der Waals surface area contributed by atoms with Crippen LogP contribution >= 0.6 is 0 Å². The highest BCUT2D eigenvalue weighted by Crippen LogP contribution is 1.98. The second-order valence-corrected chi connectivity index (χ2v) is 4.01. The molecule has 0 saturated heterocycles. The molecule has 122 valence electrons. The van der Waals surface area contributed by atoms with Gasteiger partial charge in [0.15, 0.2) is 11.9 Å². The van der Waals surface area contributed by atoms with Gasteiger partial charge in [0.1, 0.15) is 0 Å². The third-order valence-electron chi connectivity index (χ3n) is 2.74. The van der Waals surface area contributed by atoms with Crippen LogP contribution in [0.3, 0.4) is 0 Å². The molecule has 3 nitrogen and oxygen atoms in total. The summed E-state index contributed by atoms with van der Waals surface area (Å²) in [7, 11) is 0. The minimum Gasteiger partial charge on any atom is -0.619 e. The lowest BCUT2D eigenvalue weighted by Crippen LogP contribution is -2.29. The van der Waals surface area contributed by atoms with Gasteiger partial charge in [-0.2, -0.15) is 4.73 Å². The van der Waals surface area contributed by atoms with E-state index in [2.05, 4.69) is 18.0 Å². The number of nitrogens with zero attached hydrogens (tertiary/aromatic N) is 2. The lowest BCUT2D eigenvalue weighted by atomic mass is 10.2. The molecular formula is C18H34N2O. The van der Waals surface area contributed by atoms with Gasteiger partial charge >= 0.3 is 0 Å². The Kier molecular flexibility index (Phi) is 17.1. The zero-order valence-corrected chi connectivity index (χ0v) is 10.8. The zero-order chi connectivity index (χ0) is 12.8. The van der Waals surface area contributed by atoms with Crippen LogP contribution in [-0.2, 0) is 0 Å². The van der Waals surface area contributed by atoms with E-state index in [1.54, 1.807) is 6.07 Å². The van der Waals surface area contributed by atoms with Gasteiger partial charge < -0.3 is 5.21 Å². The normalized spacial score (nSPS) is 7.62. The van der Waals surface area contributed by atoms with Gasteiger partial charge in [-0.15, -0.1) is 0 Å². The fourth-order valence-corrected chi connectivity index (χ4v) is 1.24. The fraction of sp³-hybridized carbons (Fsp3) is 0.444. The number of pyridine rings is 2. The summed E-state index contributed by atoms with van der Waals surface area (Å²) in [6.07, 6.45) is 3.31. The van der Waals surface area contributed by atoms with Crippen LogP contribution in [-0.4, -0.2) is 4.98 Å². The molecule has 0 aliphatic carbocycles. The molecular weight excluding hydrogens is 260 g/mol. The van der Waals surface area contributed by atoms with Gasteiger partial charge in [-0.25, -0.2) is 0 Å². The SMILES string of the molecule is C.C.C.C.Cc1ccc[n+]([O-])c1C.Cc1cccnc1C. The molecule has 0 spiro atoms. The first-order valence-electron chi connectivity index (χ1n) is 5.56. The van der Waals surface area contributed by atoms with Gasteiger partial charge in [0.05, 0.1) is 0 Å². The first-order valence-corrected chi connectivity index (χ1v) is 5.56. The Morgan fingerprint density at radius 1 is 0.857 bits per heavy atom. The van der Waals surface area contributed by atoms with Crippen molar-refractivity contribution >= 4 is 0 Å². The maximum absolute atomic E-state index is 10.8. The third kappa shape index (κ3) is 8.79. The predicted molar refractivity (Wildman–Crippen MR) is 95.5 cm³/mol. The van der Waals surface area contributed by atoms with Gasteiger partial charge in [0.25, 0.3) is 0 Å². The Balaban J connectivity index is -0.000000116. The summed E-state index contributed by atoms with van der Waals surface area (Å²) in [4.78, 5) is 4.08. The zero-order valence-electron chi connectivity index (χ0n) is 10.8. The monoisotopic (exact) mass is 294 g/mol. The Hall–Kier alpha value is -1.90. The average molecular weight is 294 g/mol. The standard InChI is InChI=1S/C7H9NO.C7H9N.4CH4/c1-6-4-3-5-8(9)7(6)2;1-6-4-3-5-8-7(6)2;;;;/h3-5H,1-2H3;3-5H,1-2H3;4*1H4. The third-order valence-corrected chi connectivity index (χ3v) is 2.74. The molecule has 0 fully saturated rings. The molecule has 3 heteroatoms. The van der Waals surface area contributed by atoms with E-state index in [1.165, 1.54) is 11.8 Å². The van der Waals surface area contributed by atoms with Crippen molar-refractivity contribution in [1.29, 1.82) is 0 Å². The second-order valence-electron chi connectivity index (χ2n) is 4.01. The molecule has 0 aliphatic rings. The van der Waals surface area contributed by atoms with Crippen molar-refractivity contribution in [3.05, 3.63) is 64.4 Å². The van der Waals surface area contributed by atoms with Crippen LogP contribution in [0.4, 0.5) is 0 Å². The van der Waals surface area contributed by atoms with Crippen molar-refractivity contribution in [3.63, 3.8) is 0 Å². The molecule has 2 aromatic heterocycles. The molecule has 0 bridgehead atoms. The van der Waals surface area contributed by atoms with Crippen molar-refractivity contribution in [3.8, 4) is 0 Å². The molecule has 2 aromatic rings. The van der Waals surface area contributed by atoms with E-state index < -0.39 is 0 Å². The van der Waals surface area contributed by atoms with E-state index in [4.69, 9.17) is 0 Å². The maximum atomic E-state index is 10.8. The van der Waals surface area contributed by atoms with Gasteiger partial charge in [-0.3, -0.25) is 4.98 Å². The van der Waals surface area contributed by atoms with Crippen molar-refractivity contribution in [2.45, 2.75) is 57.4 Å². The molecule has 0 atom stereocenters. The molecule has 0 aromatic carbocycles. The van der Waals surface area contributed by atoms with E-state index in [0.29, 0.717) is 0 Å². The average Bonchev–Trinajstić information content (AvgIpc) is 2.31. The minimum atomic E-state index is 0. The topological polar surface area (TPSA) is 39.8 Å². The minimum absolute atomic E-state index is 0. The molecule has 0 amide bonds. The predicted octanol–water partition coefficient (Wildman–Crippen LogP) is 5.18. The van der Waals surface area contributed by atoms with Crippen LogP contribution in [0.2, 0.25) is 0 Å². The highest BCUT2D eigenvalue weighted by Gasteiger charge is 1.98. The lowest BCUT2D eigenvalue weighted by Gasteiger charge is -2.00. The number of aromatic nitrogens is 2. The first-order chi connectivity index (χ1) is 8.02. The summed E-state index contributed by atoms with van der Waals surface area (Å²) < 4.78 is 0.870. The van der Waals surface area contributed by atoms with Crippen LogP contribution in [0.1, 0.15) is 52.2 Å². The van der Waals surface area contributed by atoms with Gasteiger partial charge in [-0.05, 0) is 38.5 Å². The van der Waals surface area contributed by atoms with Crippen LogP contribution in [0.5, 0.6) is 0 Å². The Labute approximate surface area is 132 Å². The van der Waals surface area contributed by atoms with Crippen molar-refractivity contribution < 1.29 is 4.73 Å². The summed E-state index contributed by atoms with van der Waals surface area (Å²) in [5.41, 5.74) is 4.19. The number of hydrogen-bond acceptors (Lipinski definition) is 2.